The van der Waals surface area contributed by atoms with Crippen LogP contribution in [0.2, 0.25) is 0 Å². The number of benzene rings is 1. The van der Waals surface area contributed by atoms with Crippen molar-refractivity contribution in [2.75, 3.05) is 0 Å². The molecule has 4 rings (SSSR count). The maximum atomic E-state index is 13.3. The van der Waals surface area contributed by atoms with Crippen LogP contribution in [-0.4, -0.2) is 19.6 Å². The van der Waals surface area contributed by atoms with Gasteiger partial charge in [-0.25, -0.2) is 9.97 Å². The number of phenols is 1. The van der Waals surface area contributed by atoms with Crippen LogP contribution in [0.4, 0.5) is 13.2 Å². The summed E-state index contributed by atoms with van der Waals surface area (Å²) >= 11 is 2.15. The van der Waals surface area contributed by atoms with Crippen molar-refractivity contribution in [2.45, 2.75) is 19.1 Å². The molecule has 0 aliphatic rings. The highest BCUT2D eigenvalue weighted by molar-refractivity contribution is 7.16. The van der Waals surface area contributed by atoms with Gasteiger partial charge in [-0.1, -0.05) is 12.1 Å². The molecule has 4 aromatic rings. The number of aromatic hydroxyl groups is 1. The van der Waals surface area contributed by atoms with Crippen LogP contribution in [0.3, 0.4) is 0 Å². The number of aryl methyl sites for hydroxylation is 1. The highest BCUT2D eigenvalue weighted by atomic mass is 32.1. The topological polar surface area (TPSA) is 68.0 Å². The molecule has 5 nitrogen and oxygen atoms in total. The fourth-order valence-electron chi connectivity index (χ4n) is 2.90. The second kappa shape index (κ2) is 7.02. The van der Waals surface area contributed by atoms with Gasteiger partial charge < -0.3 is 5.11 Å². The van der Waals surface area contributed by atoms with Crippen molar-refractivity contribution in [3.8, 4) is 17.1 Å². The Labute approximate surface area is 164 Å². The van der Waals surface area contributed by atoms with Crippen LogP contribution in [0, 0.1) is 0 Å². The van der Waals surface area contributed by atoms with Crippen molar-refractivity contribution in [3.63, 3.8) is 0 Å². The zero-order valence-corrected chi connectivity index (χ0v) is 15.7. The van der Waals surface area contributed by atoms with Gasteiger partial charge in [-0.2, -0.15) is 13.2 Å². The Balaban J connectivity index is 1.95. The molecule has 0 atom stereocenters. The van der Waals surface area contributed by atoms with Gasteiger partial charge in [0.2, 0.25) is 0 Å². The van der Waals surface area contributed by atoms with Gasteiger partial charge >= 0.3 is 6.18 Å². The third-order valence-corrected chi connectivity index (χ3v) is 5.73. The first kappa shape index (κ1) is 18.6. The third-order valence-electron chi connectivity index (χ3n) is 4.22. The molecule has 0 spiro atoms. The average molecular weight is 423 g/mol. The number of rotatable bonds is 4. The number of thiophene rings is 1. The van der Waals surface area contributed by atoms with E-state index < -0.39 is 22.7 Å². The molecule has 0 fully saturated rings. The maximum absolute atomic E-state index is 13.3. The molecule has 3 aromatic heterocycles. The van der Waals surface area contributed by atoms with Gasteiger partial charge in [0.05, 0.1) is 27.7 Å². The SMILES string of the molecule is O=c1c2c(C(F)(F)F)csc2nc(-c2ccccc2O)n1CCc1cscn1. The van der Waals surface area contributed by atoms with Gasteiger partial charge in [-0.3, -0.25) is 9.36 Å². The zero-order chi connectivity index (χ0) is 19.9. The van der Waals surface area contributed by atoms with Gasteiger partial charge in [0.25, 0.3) is 5.56 Å². The van der Waals surface area contributed by atoms with Crippen LogP contribution >= 0.6 is 22.7 Å². The highest BCUT2D eigenvalue weighted by Crippen LogP contribution is 2.37. The first-order chi connectivity index (χ1) is 13.4. The van der Waals surface area contributed by atoms with Crippen molar-refractivity contribution in [3.05, 3.63) is 62.1 Å². The fraction of sp³-hybridized carbons (Fsp3) is 0.167. The van der Waals surface area contributed by atoms with E-state index in [1.54, 1.807) is 23.7 Å². The molecular formula is C18H12F3N3O2S2. The van der Waals surface area contributed by atoms with Gasteiger partial charge in [-0.05, 0) is 12.1 Å². The number of phenolic OH excluding ortho intramolecular Hbond substituents is 1. The van der Waals surface area contributed by atoms with Crippen molar-refractivity contribution >= 4 is 32.9 Å². The Morgan fingerprint density at radius 2 is 1.96 bits per heavy atom. The lowest BCUT2D eigenvalue weighted by Crippen LogP contribution is -2.25. The highest BCUT2D eigenvalue weighted by Gasteiger charge is 2.36. The lowest BCUT2D eigenvalue weighted by Gasteiger charge is -2.14. The number of hydrogen-bond acceptors (Lipinski definition) is 6. The Morgan fingerprint density at radius 1 is 1.18 bits per heavy atom. The van der Waals surface area contributed by atoms with Gasteiger partial charge in [0.1, 0.15) is 16.4 Å². The van der Waals surface area contributed by atoms with Gasteiger partial charge in [-0.15, -0.1) is 22.7 Å². The molecule has 0 amide bonds. The van der Waals surface area contributed by atoms with E-state index >= 15 is 0 Å². The van der Waals surface area contributed by atoms with Crippen LogP contribution in [0.5, 0.6) is 5.75 Å². The van der Waals surface area contributed by atoms with E-state index in [9.17, 15) is 23.1 Å². The summed E-state index contributed by atoms with van der Waals surface area (Å²) in [6, 6.07) is 6.28. The Bertz CT molecular complexity index is 1200. The minimum absolute atomic E-state index is 0.0134. The van der Waals surface area contributed by atoms with E-state index in [4.69, 9.17) is 0 Å². The summed E-state index contributed by atoms with van der Waals surface area (Å²) in [4.78, 5) is 21.5. The molecule has 10 heteroatoms. The van der Waals surface area contributed by atoms with Gasteiger partial charge in [0, 0.05) is 23.7 Å². The molecule has 0 aliphatic heterocycles. The Morgan fingerprint density at radius 3 is 2.64 bits per heavy atom. The summed E-state index contributed by atoms with van der Waals surface area (Å²) in [6.45, 7) is 0.0856. The standard InChI is InChI=1S/C18H12F3N3O2S2/c19-18(20,21)12-8-28-16-14(12)17(26)24(6-5-10-7-27-9-22-10)15(23-16)11-3-1-2-4-13(11)25/h1-4,7-9,25H,5-6H2. The molecular weight excluding hydrogens is 411 g/mol. The molecule has 0 saturated carbocycles. The number of halogens is 3. The maximum Gasteiger partial charge on any atom is 0.418 e. The first-order valence-corrected chi connectivity index (χ1v) is 9.93. The van der Waals surface area contributed by atoms with E-state index in [0.717, 1.165) is 22.4 Å². The van der Waals surface area contributed by atoms with E-state index in [1.165, 1.54) is 22.0 Å². The number of alkyl halides is 3. The summed E-state index contributed by atoms with van der Waals surface area (Å²) in [5.41, 5.74) is 0.871. The largest absolute Gasteiger partial charge is 0.507 e. The Kier molecular flexibility index (Phi) is 4.68. The summed E-state index contributed by atoms with van der Waals surface area (Å²) < 4.78 is 41.2. The van der Waals surface area contributed by atoms with Crippen LogP contribution in [0.1, 0.15) is 11.3 Å². The summed E-state index contributed by atoms with van der Waals surface area (Å²) in [6.07, 6.45) is -4.30. The summed E-state index contributed by atoms with van der Waals surface area (Å²) in [7, 11) is 0. The van der Waals surface area contributed by atoms with Crippen molar-refractivity contribution in [2.24, 2.45) is 0 Å². The van der Waals surface area contributed by atoms with Crippen molar-refractivity contribution in [1.82, 2.24) is 14.5 Å². The number of hydrogen-bond donors (Lipinski definition) is 1. The second-order valence-electron chi connectivity index (χ2n) is 5.97. The average Bonchev–Trinajstić information content (AvgIpc) is 3.30. The third kappa shape index (κ3) is 3.29. The van der Waals surface area contributed by atoms with Crippen LogP contribution in [-0.2, 0) is 19.1 Å². The predicted octanol–water partition coefficient (Wildman–Crippen LogP) is 4.55. The number of para-hydroxylation sites is 1. The molecule has 0 aliphatic carbocycles. The first-order valence-electron chi connectivity index (χ1n) is 8.11. The molecule has 0 unspecified atom stereocenters. The Hall–Kier alpha value is -2.72. The van der Waals surface area contributed by atoms with Crippen molar-refractivity contribution < 1.29 is 18.3 Å². The number of thiazole rings is 1. The van der Waals surface area contributed by atoms with Crippen molar-refractivity contribution in [1.29, 1.82) is 0 Å². The quantitative estimate of drug-likeness (QED) is 0.523. The van der Waals surface area contributed by atoms with Crippen LogP contribution < -0.4 is 5.56 Å². The number of aromatic nitrogens is 3. The number of nitrogens with zero attached hydrogens (tertiary/aromatic N) is 3. The predicted molar refractivity (Wildman–Crippen MR) is 102 cm³/mol. The molecule has 0 saturated heterocycles. The zero-order valence-electron chi connectivity index (χ0n) is 14.1. The number of fused-ring (bicyclic) bond motifs is 1. The monoisotopic (exact) mass is 423 g/mol. The molecule has 3 heterocycles. The van der Waals surface area contributed by atoms with E-state index in [-0.39, 0.29) is 28.5 Å². The van der Waals surface area contributed by atoms with Gasteiger partial charge in [0.15, 0.2) is 0 Å². The minimum Gasteiger partial charge on any atom is -0.507 e. The molecule has 144 valence electrons. The minimum atomic E-state index is -4.65. The van der Waals surface area contributed by atoms with Crippen LogP contribution in [0.15, 0.2) is 45.3 Å². The van der Waals surface area contributed by atoms with E-state index in [2.05, 4.69) is 9.97 Å². The summed E-state index contributed by atoms with van der Waals surface area (Å²) in [5, 5.41) is 12.5. The lowest BCUT2D eigenvalue weighted by molar-refractivity contribution is -0.136. The molecule has 1 aromatic carbocycles. The molecule has 28 heavy (non-hydrogen) atoms. The molecule has 0 bridgehead atoms. The normalized spacial score (nSPS) is 12.0. The van der Waals surface area contributed by atoms with E-state index in [1.807, 2.05) is 5.38 Å². The molecule has 1 N–H and O–H groups in total. The fourth-order valence-corrected chi connectivity index (χ4v) is 4.42. The van der Waals surface area contributed by atoms with E-state index in [0.29, 0.717) is 6.42 Å². The lowest BCUT2D eigenvalue weighted by atomic mass is 10.1. The second-order valence-corrected chi connectivity index (χ2v) is 7.54. The molecule has 0 radical (unpaired) electrons. The van der Waals surface area contributed by atoms with Crippen LogP contribution in [0.25, 0.3) is 21.6 Å². The summed E-state index contributed by atoms with van der Waals surface area (Å²) in [5.74, 6) is 0.0187. The smallest absolute Gasteiger partial charge is 0.418 e.